The number of likely N-dealkylation sites (tertiary alicyclic amines) is 1. The molecule has 3 rings (SSSR count). The van der Waals surface area contributed by atoms with Crippen LogP contribution in [0.4, 0.5) is 4.79 Å². The molecule has 31 heavy (non-hydrogen) atoms. The molecule has 0 saturated carbocycles. The van der Waals surface area contributed by atoms with Gasteiger partial charge in [0, 0.05) is 12.3 Å². The lowest BCUT2D eigenvalue weighted by Gasteiger charge is -2.28. The van der Waals surface area contributed by atoms with E-state index in [1.807, 2.05) is 61.5 Å². The Morgan fingerprint density at radius 3 is 2.26 bits per heavy atom. The standard InChI is InChI=1S/C25H29NO5/c1-17-10-12-18(13-11-17)14-20-15-21(27)26(24(29)31-25(2,3)4)22(20)23(28)30-16-19-8-6-5-7-9-19/h5-13,20,22H,14-16H2,1-4H3/t20-,22?/m1/s1. The Morgan fingerprint density at radius 2 is 1.65 bits per heavy atom. The van der Waals surface area contributed by atoms with Gasteiger partial charge in [-0.15, -0.1) is 0 Å². The fraction of sp³-hybridized carbons (Fsp3) is 0.400. The van der Waals surface area contributed by atoms with Crippen LogP contribution in [0, 0.1) is 12.8 Å². The maximum absolute atomic E-state index is 13.1. The minimum Gasteiger partial charge on any atom is -0.459 e. The third kappa shape index (κ3) is 5.94. The minimum atomic E-state index is -1.02. The van der Waals surface area contributed by atoms with E-state index in [1.165, 1.54) is 0 Å². The van der Waals surface area contributed by atoms with Crippen molar-refractivity contribution in [3.05, 3.63) is 71.3 Å². The van der Waals surface area contributed by atoms with E-state index in [0.717, 1.165) is 21.6 Å². The number of ether oxygens (including phenoxy) is 2. The van der Waals surface area contributed by atoms with Crippen molar-refractivity contribution in [3.63, 3.8) is 0 Å². The molecule has 0 radical (unpaired) electrons. The van der Waals surface area contributed by atoms with Crippen LogP contribution < -0.4 is 0 Å². The second-order valence-electron chi connectivity index (χ2n) is 8.94. The molecule has 1 heterocycles. The summed E-state index contributed by atoms with van der Waals surface area (Å²) in [6, 6.07) is 16.2. The van der Waals surface area contributed by atoms with E-state index >= 15 is 0 Å². The topological polar surface area (TPSA) is 72.9 Å². The predicted octanol–water partition coefficient (Wildman–Crippen LogP) is 4.43. The number of imide groups is 1. The van der Waals surface area contributed by atoms with Crippen molar-refractivity contribution >= 4 is 18.0 Å². The molecule has 6 nitrogen and oxygen atoms in total. The first-order valence-corrected chi connectivity index (χ1v) is 10.5. The second kappa shape index (κ2) is 9.33. The van der Waals surface area contributed by atoms with E-state index in [-0.39, 0.29) is 18.9 Å². The number of rotatable bonds is 5. The van der Waals surface area contributed by atoms with Gasteiger partial charge in [0.15, 0.2) is 0 Å². The van der Waals surface area contributed by atoms with Crippen LogP contribution in [0.1, 0.15) is 43.9 Å². The van der Waals surface area contributed by atoms with Crippen LogP contribution in [-0.4, -0.2) is 34.5 Å². The van der Waals surface area contributed by atoms with Gasteiger partial charge in [-0.05, 0) is 45.2 Å². The van der Waals surface area contributed by atoms with Crippen molar-refractivity contribution in [1.29, 1.82) is 0 Å². The molecule has 1 unspecified atom stereocenters. The first kappa shape index (κ1) is 22.5. The van der Waals surface area contributed by atoms with E-state index in [4.69, 9.17) is 9.47 Å². The first-order valence-electron chi connectivity index (χ1n) is 10.5. The Hall–Kier alpha value is -3.15. The third-order valence-electron chi connectivity index (χ3n) is 5.10. The van der Waals surface area contributed by atoms with E-state index in [1.54, 1.807) is 20.8 Å². The number of hydrogen-bond donors (Lipinski definition) is 0. The lowest BCUT2D eigenvalue weighted by atomic mass is 9.92. The highest BCUT2D eigenvalue weighted by molar-refractivity contribution is 6.00. The molecule has 164 valence electrons. The van der Waals surface area contributed by atoms with Gasteiger partial charge in [-0.2, -0.15) is 0 Å². The molecule has 1 saturated heterocycles. The zero-order chi connectivity index (χ0) is 22.6. The maximum Gasteiger partial charge on any atom is 0.417 e. The fourth-order valence-electron chi connectivity index (χ4n) is 3.65. The third-order valence-corrected chi connectivity index (χ3v) is 5.10. The highest BCUT2D eigenvalue weighted by Crippen LogP contribution is 2.31. The van der Waals surface area contributed by atoms with Crippen molar-refractivity contribution in [1.82, 2.24) is 4.90 Å². The average molecular weight is 424 g/mol. The Bertz CT molecular complexity index is 931. The Balaban J connectivity index is 1.82. The van der Waals surface area contributed by atoms with Gasteiger partial charge in [-0.3, -0.25) is 4.79 Å². The molecular formula is C25H29NO5. The molecule has 2 aromatic carbocycles. The highest BCUT2D eigenvalue weighted by Gasteiger charge is 2.49. The zero-order valence-corrected chi connectivity index (χ0v) is 18.5. The van der Waals surface area contributed by atoms with E-state index in [0.29, 0.717) is 6.42 Å². The summed E-state index contributed by atoms with van der Waals surface area (Å²) in [6.45, 7) is 7.23. The predicted molar refractivity (Wildman–Crippen MR) is 116 cm³/mol. The number of benzene rings is 2. The molecule has 2 amide bonds. The zero-order valence-electron chi connectivity index (χ0n) is 18.5. The minimum absolute atomic E-state index is 0.0732. The number of hydrogen-bond acceptors (Lipinski definition) is 5. The summed E-state index contributed by atoms with van der Waals surface area (Å²) in [4.78, 5) is 39.6. The number of carbonyl (C=O) groups is 3. The van der Waals surface area contributed by atoms with Gasteiger partial charge in [-0.25, -0.2) is 14.5 Å². The summed E-state index contributed by atoms with van der Waals surface area (Å²) in [6.07, 6.45) is -0.250. The monoisotopic (exact) mass is 423 g/mol. The number of carbonyl (C=O) groups excluding carboxylic acids is 3. The molecule has 6 heteroatoms. The molecule has 1 aliphatic rings. The highest BCUT2D eigenvalue weighted by atomic mass is 16.6. The lowest BCUT2D eigenvalue weighted by molar-refractivity contribution is -0.153. The SMILES string of the molecule is Cc1ccc(C[C@@H]2CC(=O)N(C(=O)OC(C)(C)C)C2C(=O)OCc2ccccc2)cc1. The first-order chi connectivity index (χ1) is 14.6. The van der Waals surface area contributed by atoms with Crippen LogP contribution in [-0.2, 0) is 32.1 Å². The van der Waals surface area contributed by atoms with Crippen molar-refractivity contribution in [3.8, 4) is 0 Å². The maximum atomic E-state index is 13.1. The fourth-order valence-corrected chi connectivity index (χ4v) is 3.65. The molecule has 1 aliphatic heterocycles. The number of aryl methyl sites for hydroxylation is 1. The van der Waals surface area contributed by atoms with Gasteiger partial charge in [-0.1, -0.05) is 60.2 Å². The van der Waals surface area contributed by atoms with Crippen LogP contribution in [0.2, 0.25) is 0 Å². The van der Waals surface area contributed by atoms with E-state index in [9.17, 15) is 14.4 Å². The van der Waals surface area contributed by atoms with E-state index < -0.39 is 29.6 Å². The summed E-state index contributed by atoms with van der Waals surface area (Å²) < 4.78 is 10.9. The number of amides is 2. The molecule has 2 atom stereocenters. The van der Waals surface area contributed by atoms with Gasteiger partial charge in [0.25, 0.3) is 0 Å². The van der Waals surface area contributed by atoms with Crippen molar-refractivity contribution in [2.75, 3.05) is 0 Å². The van der Waals surface area contributed by atoms with Crippen LogP contribution >= 0.6 is 0 Å². The molecule has 0 aromatic heterocycles. The van der Waals surface area contributed by atoms with Crippen LogP contribution in [0.15, 0.2) is 54.6 Å². The molecular weight excluding hydrogens is 394 g/mol. The van der Waals surface area contributed by atoms with Gasteiger partial charge in [0.2, 0.25) is 5.91 Å². The van der Waals surface area contributed by atoms with Crippen LogP contribution in [0.25, 0.3) is 0 Å². The normalized spacial score (nSPS) is 18.7. The second-order valence-corrected chi connectivity index (χ2v) is 8.94. The van der Waals surface area contributed by atoms with Crippen LogP contribution in [0.5, 0.6) is 0 Å². The van der Waals surface area contributed by atoms with Gasteiger partial charge in [0.05, 0.1) is 0 Å². The summed E-state index contributed by atoms with van der Waals surface area (Å²) >= 11 is 0. The Morgan fingerprint density at radius 1 is 1.00 bits per heavy atom. The molecule has 0 N–H and O–H groups in total. The Kier molecular flexibility index (Phi) is 6.78. The number of nitrogens with zero attached hydrogens (tertiary/aromatic N) is 1. The van der Waals surface area contributed by atoms with Crippen molar-refractivity contribution < 1.29 is 23.9 Å². The van der Waals surface area contributed by atoms with E-state index in [2.05, 4.69) is 0 Å². The molecule has 0 spiro atoms. The smallest absolute Gasteiger partial charge is 0.417 e. The van der Waals surface area contributed by atoms with Gasteiger partial charge >= 0.3 is 12.1 Å². The Labute approximate surface area is 183 Å². The van der Waals surface area contributed by atoms with Crippen LogP contribution in [0.3, 0.4) is 0 Å². The summed E-state index contributed by atoms with van der Waals surface area (Å²) in [7, 11) is 0. The molecule has 2 aromatic rings. The van der Waals surface area contributed by atoms with Gasteiger partial charge < -0.3 is 9.47 Å². The molecule has 0 bridgehead atoms. The molecule has 1 fully saturated rings. The quantitative estimate of drug-likeness (QED) is 0.665. The average Bonchev–Trinajstić information content (AvgIpc) is 3.03. The molecule has 0 aliphatic carbocycles. The van der Waals surface area contributed by atoms with Crippen molar-refractivity contribution in [2.24, 2.45) is 5.92 Å². The summed E-state index contributed by atoms with van der Waals surface area (Å²) in [5.74, 6) is -1.41. The van der Waals surface area contributed by atoms with Gasteiger partial charge in [0.1, 0.15) is 18.2 Å². The lowest BCUT2D eigenvalue weighted by Crippen LogP contribution is -2.48. The summed E-state index contributed by atoms with van der Waals surface area (Å²) in [5, 5.41) is 0. The number of esters is 1. The largest absolute Gasteiger partial charge is 0.459 e. The van der Waals surface area contributed by atoms with Crippen molar-refractivity contribution in [2.45, 2.75) is 58.8 Å². The summed E-state index contributed by atoms with van der Waals surface area (Å²) in [5.41, 5.74) is 2.17.